The maximum atomic E-state index is 14.6. The summed E-state index contributed by atoms with van der Waals surface area (Å²) < 4.78 is 16.6. The first-order valence-electron chi connectivity index (χ1n) is 11.0. The van der Waals surface area contributed by atoms with Crippen molar-refractivity contribution in [1.82, 2.24) is 24.4 Å². The van der Waals surface area contributed by atoms with Crippen molar-refractivity contribution in [3.63, 3.8) is 0 Å². The van der Waals surface area contributed by atoms with Crippen LogP contribution in [0.3, 0.4) is 0 Å². The summed E-state index contributed by atoms with van der Waals surface area (Å²) in [4.78, 5) is 30.2. The third-order valence-electron chi connectivity index (χ3n) is 6.02. The Morgan fingerprint density at radius 2 is 2.03 bits per heavy atom. The van der Waals surface area contributed by atoms with E-state index in [1.165, 1.54) is 6.07 Å². The fourth-order valence-electron chi connectivity index (χ4n) is 4.24. The van der Waals surface area contributed by atoms with Crippen molar-refractivity contribution >= 4 is 11.9 Å². The van der Waals surface area contributed by atoms with Crippen molar-refractivity contribution < 1.29 is 9.18 Å². The van der Waals surface area contributed by atoms with Gasteiger partial charge in [-0.15, -0.1) is 0 Å². The van der Waals surface area contributed by atoms with E-state index in [9.17, 15) is 9.18 Å². The zero-order valence-corrected chi connectivity index (χ0v) is 18.8. The van der Waals surface area contributed by atoms with Crippen LogP contribution < -0.4 is 4.90 Å². The Hall–Kier alpha value is -3.29. The quantitative estimate of drug-likeness (QED) is 0.590. The molecule has 1 unspecified atom stereocenters. The van der Waals surface area contributed by atoms with E-state index in [-0.39, 0.29) is 17.6 Å². The smallest absolute Gasteiger partial charge is 0.225 e. The molecule has 32 heavy (non-hydrogen) atoms. The third-order valence-corrected chi connectivity index (χ3v) is 6.02. The van der Waals surface area contributed by atoms with Gasteiger partial charge in [0.1, 0.15) is 11.6 Å². The van der Waals surface area contributed by atoms with E-state index in [2.05, 4.69) is 9.97 Å². The first-order valence-corrected chi connectivity index (χ1v) is 11.0. The lowest BCUT2D eigenvalue weighted by atomic mass is 9.89. The van der Waals surface area contributed by atoms with Gasteiger partial charge in [0.15, 0.2) is 0 Å². The maximum absolute atomic E-state index is 14.6. The predicted molar refractivity (Wildman–Crippen MR) is 122 cm³/mol. The van der Waals surface area contributed by atoms with Crippen LogP contribution in [0, 0.1) is 12.7 Å². The van der Waals surface area contributed by atoms with Gasteiger partial charge in [-0.3, -0.25) is 4.79 Å². The molecule has 3 aromatic rings. The number of likely N-dealkylation sites (tertiary alicyclic amines) is 1. The molecular formula is C24H29FN6O. The Kier molecular flexibility index (Phi) is 6.48. The van der Waals surface area contributed by atoms with E-state index >= 15 is 0 Å². The molecule has 168 valence electrons. The van der Waals surface area contributed by atoms with Crippen molar-refractivity contribution in [1.29, 1.82) is 0 Å². The number of hydrogen-bond acceptors (Lipinski definition) is 5. The number of benzene rings is 1. The van der Waals surface area contributed by atoms with Gasteiger partial charge in [-0.1, -0.05) is 18.2 Å². The molecule has 1 aliphatic heterocycles. The number of imidazole rings is 1. The summed E-state index contributed by atoms with van der Waals surface area (Å²) in [5.41, 5.74) is 1.99. The normalized spacial score (nSPS) is 16.2. The summed E-state index contributed by atoms with van der Waals surface area (Å²) >= 11 is 0. The van der Waals surface area contributed by atoms with E-state index in [1.54, 1.807) is 24.5 Å². The number of anilines is 1. The van der Waals surface area contributed by atoms with E-state index in [1.807, 2.05) is 47.6 Å². The van der Waals surface area contributed by atoms with Gasteiger partial charge >= 0.3 is 0 Å². The van der Waals surface area contributed by atoms with Gasteiger partial charge in [0.05, 0.1) is 5.69 Å². The Labute approximate surface area is 187 Å². The number of carbonyl (C=O) groups excluding carboxylic acids is 1. The molecule has 1 saturated heterocycles. The van der Waals surface area contributed by atoms with Crippen molar-refractivity contribution in [3.8, 4) is 11.1 Å². The molecular weight excluding hydrogens is 407 g/mol. The number of halogens is 1. The average molecular weight is 437 g/mol. The lowest BCUT2D eigenvalue weighted by molar-refractivity contribution is -0.132. The number of amides is 1. The lowest BCUT2D eigenvalue weighted by Crippen LogP contribution is -2.39. The number of rotatable bonds is 6. The molecule has 2 aromatic heterocycles. The predicted octanol–water partition coefficient (Wildman–Crippen LogP) is 3.65. The minimum atomic E-state index is -0.297. The van der Waals surface area contributed by atoms with Crippen LogP contribution in [0.5, 0.6) is 0 Å². The van der Waals surface area contributed by atoms with Crippen molar-refractivity contribution in [3.05, 3.63) is 60.2 Å². The molecule has 0 N–H and O–H groups in total. The highest BCUT2D eigenvalue weighted by Gasteiger charge is 2.28. The Bertz CT molecular complexity index is 1100. The van der Waals surface area contributed by atoms with E-state index in [4.69, 9.17) is 4.98 Å². The molecule has 0 radical (unpaired) electrons. The highest BCUT2D eigenvalue weighted by Crippen LogP contribution is 2.35. The second-order valence-electron chi connectivity index (χ2n) is 8.44. The highest BCUT2D eigenvalue weighted by atomic mass is 19.1. The van der Waals surface area contributed by atoms with Crippen LogP contribution in [0.4, 0.5) is 10.3 Å². The van der Waals surface area contributed by atoms with Crippen molar-refractivity contribution in [2.75, 3.05) is 32.1 Å². The Morgan fingerprint density at radius 1 is 1.22 bits per heavy atom. The molecule has 1 aliphatic rings. The molecule has 1 fully saturated rings. The fourth-order valence-corrected chi connectivity index (χ4v) is 4.24. The molecule has 1 amide bonds. The minimum Gasteiger partial charge on any atom is -0.347 e. The molecule has 0 aliphatic carbocycles. The molecule has 0 saturated carbocycles. The van der Waals surface area contributed by atoms with Gasteiger partial charge in [-0.25, -0.2) is 19.3 Å². The first kappa shape index (κ1) is 21.9. The summed E-state index contributed by atoms with van der Waals surface area (Å²) in [7, 11) is 3.77. The monoisotopic (exact) mass is 436 g/mol. The van der Waals surface area contributed by atoms with Crippen LogP contribution in [0.25, 0.3) is 11.1 Å². The second-order valence-corrected chi connectivity index (χ2v) is 8.44. The Morgan fingerprint density at radius 3 is 2.75 bits per heavy atom. The topological polar surface area (TPSA) is 67.2 Å². The molecule has 0 spiro atoms. The summed E-state index contributed by atoms with van der Waals surface area (Å²) in [6, 6.07) is 6.70. The number of nitrogens with zero attached hydrogens (tertiary/aromatic N) is 6. The number of piperidine rings is 1. The Balaban J connectivity index is 1.58. The number of carbonyl (C=O) groups is 1. The second kappa shape index (κ2) is 9.46. The highest BCUT2D eigenvalue weighted by molar-refractivity contribution is 5.76. The van der Waals surface area contributed by atoms with Gasteiger partial charge in [-0.2, -0.15) is 0 Å². The van der Waals surface area contributed by atoms with Crippen LogP contribution in [0.2, 0.25) is 0 Å². The van der Waals surface area contributed by atoms with E-state index in [0.29, 0.717) is 36.6 Å². The van der Waals surface area contributed by atoms with Gasteiger partial charge in [0.2, 0.25) is 11.9 Å². The van der Waals surface area contributed by atoms with Crippen LogP contribution in [-0.4, -0.2) is 57.5 Å². The van der Waals surface area contributed by atoms with Gasteiger partial charge in [0, 0.05) is 75.8 Å². The van der Waals surface area contributed by atoms with Gasteiger partial charge < -0.3 is 14.4 Å². The molecule has 4 rings (SSSR count). The fraction of sp³-hybridized carbons (Fsp3) is 0.417. The van der Waals surface area contributed by atoms with Crippen LogP contribution in [-0.2, 0) is 11.3 Å². The molecule has 8 heteroatoms. The summed E-state index contributed by atoms with van der Waals surface area (Å²) in [5, 5.41) is 0. The molecule has 7 nitrogen and oxygen atoms in total. The summed E-state index contributed by atoms with van der Waals surface area (Å²) in [6.07, 6.45) is 7.56. The molecule has 3 heterocycles. The number of aromatic nitrogens is 4. The van der Waals surface area contributed by atoms with Crippen molar-refractivity contribution in [2.45, 2.75) is 38.6 Å². The molecule has 1 aromatic carbocycles. The summed E-state index contributed by atoms with van der Waals surface area (Å²) in [6.45, 7) is 3.86. The van der Waals surface area contributed by atoms with Crippen LogP contribution >= 0.6 is 0 Å². The lowest BCUT2D eigenvalue weighted by Gasteiger charge is -2.33. The first-order chi connectivity index (χ1) is 15.4. The zero-order chi connectivity index (χ0) is 22.7. The van der Waals surface area contributed by atoms with E-state index < -0.39 is 0 Å². The van der Waals surface area contributed by atoms with Crippen molar-refractivity contribution in [2.24, 2.45) is 0 Å². The standard InChI is InChI=1S/C24H29FN6O/c1-17-26-11-14-30(17)13-10-22(32)31-12-6-7-18(16-31)23-20(15-27-24(28-23)29(2)3)19-8-4-5-9-21(19)25/h4-5,8-9,11,14-15,18H,6-7,10,12-13,16H2,1-3H3. The van der Waals surface area contributed by atoms with Crippen LogP contribution in [0.1, 0.15) is 36.7 Å². The minimum absolute atomic E-state index is 0.0268. The molecule has 1 atom stereocenters. The third kappa shape index (κ3) is 4.64. The van der Waals surface area contributed by atoms with Gasteiger partial charge in [-0.05, 0) is 25.8 Å². The SMILES string of the molecule is Cc1nccn1CCC(=O)N1CCCC(c2nc(N(C)C)ncc2-c2ccccc2F)C1. The summed E-state index contributed by atoms with van der Waals surface area (Å²) in [5.74, 6) is 1.34. The zero-order valence-electron chi connectivity index (χ0n) is 18.8. The average Bonchev–Trinajstić information content (AvgIpc) is 3.22. The molecule has 0 bridgehead atoms. The number of aryl methyl sites for hydroxylation is 2. The largest absolute Gasteiger partial charge is 0.347 e. The number of hydrogen-bond donors (Lipinski definition) is 0. The van der Waals surface area contributed by atoms with Gasteiger partial charge in [0.25, 0.3) is 0 Å². The van der Waals surface area contributed by atoms with E-state index in [0.717, 1.165) is 30.9 Å². The maximum Gasteiger partial charge on any atom is 0.225 e. The van der Waals surface area contributed by atoms with Crippen LogP contribution in [0.15, 0.2) is 42.9 Å².